The lowest BCUT2D eigenvalue weighted by atomic mass is 10.0. The first-order valence-corrected chi connectivity index (χ1v) is 6.03. The quantitative estimate of drug-likeness (QED) is 0.838. The summed E-state index contributed by atoms with van der Waals surface area (Å²) in [5, 5.41) is 2.11. The number of hydrogen-bond donors (Lipinski definition) is 2. The van der Waals surface area contributed by atoms with E-state index in [1.54, 1.807) is 0 Å². The number of alkyl halides is 3. The number of amides is 1. The Bertz CT molecular complexity index is 486. The van der Waals surface area contributed by atoms with E-state index < -0.39 is 35.2 Å². The van der Waals surface area contributed by atoms with E-state index in [0.29, 0.717) is 18.2 Å². The molecule has 1 aromatic rings. The maximum absolute atomic E-state index is 13.4. The number of halogens is 4. The van der Waals surface area contributed by atoms with Gasteiger partial charge in [-0.2, -0.15) is 13.2 Å². The predicted molar refractivity (Wildman–Crippen MR) is 67.5 cm³/mol. The smallest absolute Gasteiger partial charge is 0.327 e. The molecule has 1 atom stereocenters. The van der Waals surface area contributed by atoms with Crippen LogP contribution in [0, 0.1) is 11.7 Å². The summed E-state index contributed by atoms with van der Waals surface area (Å²) in [4.78, 5) is 11.6. The van der Waals surface area contributed by atoms with Crippen LogP contribution in [-0.2, 0) is 11.0 Å². The zero-order valence-electron chi connectivity index (χ0n) is 11.1. The Morgan fingerprint density at radius 2 is 1.95 bits per heavy atom. The fourth-order valence-electron chi connectivity index (χ4n) is 1.45. The van der Waals surface area contributed by atoms with Gasteiger partial charge in [-0.3, -0.25) is 4.79 Å². The largest absolute Gasteiger partial charge is 0.416 e. The van der Waals surface area contributed by atoms with E-state index in [2.05, 4.69) is 5.32 Å². The average Bonchev–Trinajstić information content (AvgIpc) is 2.30. The van der Waals surface area contributed by atoms with Gasteiger partial charge < -0.3 is 11.1 Å². The van der Waals surface area contributed by atoms with Crippen LogP contribution in [0.25, 0.3) is 0 Å². The van der Waals surface area contributed by atoms with E-state index in [9.17, 15) is 22.4 Å². The Hall–Kier alpha value is -1.63. The zero-order valence-corrected chi connectivity index (χ0v) is 11.1. The minimum Gasteiger partial charge on any atom is -0.327 e. The van der Waals surface area contributed by atoms with E-state index >= 15 is 0 Å². The second-order valence-corrected chi connectivity index (χ2v) is 4.85. The SMILES string of the molecule is CC(C)C(N)CC(=O)Nc1cc(C(F)(F)F)ccc1F. The standard InChI is InChI=1S/C13H16F4N2O/c1-7(2)10(18)6-12(20)19-11-5-8(13(15,16)17)3-4-9(11)14/h3-5,7,10H,6,18H2,1-2H3,(H,19,20). The van der Waals surface area contributed by atoms with Gasteiger partial charge in [0.15, 0.2) is 0 Å². The van der Waals surface area contributed by atoms with Gasteiger partial charge in [-0.25, -0.2) is 4.39 Å². The molecule has 7 heteroatoms. The number of nitrogens with two attached hydrogens (primary N) is 1. The average molecular weight is 292 g/mol. The van der Waals surface area contributed by atoms with Crippen molar-refractivity contribution in [3.63, 3.8) is 0 Å². The van der Waals surface area contributed by atoms with Crippen molar-refractivity contribution in [2.24, 2.45) is 11.7 Å². The minimum atomic E-state index is -4.60. The van der Waals surface area contributed by atoms with Crippen LogP contribution < -0.4 is 11.1 Å². The molecule has 0 fully saturated rings. The molecule has 0 radical (unpaired) electrons. The first-order chi connectivity index (χ1) is 9.11. The lowest BCUT2D eigenvalue weighted by molar-refractivity contribution is -0.137. The van der Waals surface area contributed by atoms with E-state index in [4.69, 9.17) is 5.73 Å². The topological polar surface area (TPSA) is 55.1 Å². The highest BCUT2D eigenvalue weighted by Gasteiger charge is 2.31. The maximum Gasteiger partial charge on any atom is 0.416 e. The molecular weight excluding hydrogens is 276 g/mol. The van der Waals surface area contributed by atoms with Crippen molar-refractivity contribution < 1.29 is 22.4 Å². The molecule has 20 heavy (non-hydrogen) atoms. The highest BCUT2D eigenvalue weighted by Crippen LogP contribution is 2.31. The molecule has 0 aliphatic carbocycles. The second-order valence-electron chi connectivity index (χ2n) is 4.85. The van der Waals surface area contributed by atoms with Gasteiger partial charge in [-0.1, -0.05) is 13.8 Å². The Kier molecular flexibility index (Phi) is 5.10. The van der Waals surface area contributed by atoms with E-state index in [1.807, 2.05) is 13.8 Å². The van der Waals surface area contributed by atoms with Crippen molar-refractivity contribution in [2.45, 2.75) is 32.5 Å². The van der Waals surface area contributed by atoms with Gasteiger partial charge >= 0.3 is 6.18 Å². The number of hydrogen-bond acceptors (Lipinski definition) is 2. The maximum atomic E-state index is 13.4. The molecule has 0 spiro atoms. The number of nitrogens with one attached hydrogen (secondary N) is 1. The minimum absolute atomic E-state index is 0.0344. The Labute approximate surface area is 114 Å². The third-order valence-corrected chi connectivity index (χ3v) is 2.85. The summed E-state index contributed by atoms with van der Waals surface area (Å²) in [7, 11) is 0. The lowest BCUT2D eigenvalue weighted by Gasteiger charge is -2.16. The Morgan fingerprint density at radius 3 is 2.45 bits per heavy atom. The molecule has 112 valence electrons. The van der Waals surface area contributed by atoms with Crippen molar-refractivity contribution >= 4 is 11.6 Å². The molecule has 0 aliphatic heterocycles. The van der Waals surface area contributed by atoms with Crippen LogP contribution in [0.2, 0.25) is 0 Å². The molecule has 1 aromatic carbocycles. The van der Waals surface area contributed by atoms with Crippen LogP contribution in [0.1, 0.15) is 25.8 Å². The van der Waals surface area contributed by atoms with Gasteiger partial charge in [0.2, 0.25) is 5.91 Å². The van der Waals surface area contributed by atoms with Crippen molar-refractivity contribution in [1.29, 1.82) is 0 Å². The summed E-state index contributed by atoms with van der Waals surface area (Å²) in [5.41, 5.74) is 4.15. The third kappa shape index (κ3) is 4.48. The summed E-state index contributed by atoms with van der Waals surface area (Å²) in [6, 6.07) is 1.41. The van der Waals surface area contributed by atoms with Crippen LogP contribution in [0.4, 0.5) is 23.2 Å². The number of carbonyl (C=O) groups excluding carboxylic acids is 1. The van der Waals surface area contributed by atoms with Gasteiger partial charge in [0.25, 0.3) is 0 Å². The van der Waals surface area contributed by atoms with E-state index in [0.717, 1.165) is 0 Å². The highest BCUT2D eigenvalue weighted by molar-refractivity contribution is 5.91. The van der Waals surface area contributed by atoms with E-state index in [1.165, 1.54) is 0 Å². The fraction of sp³-hybridized carbons (Fsp3) is 0.462. The van der Waals surface area contributed by atoms with Gasteiger partial charge in [-0.05, 0) is 24.1 Å². The van der Waals surface area contributed by atoms with Crippen LogP contribution in [-0.4, -0.2) is 11.9 Å². The van der Waals surface area contributed by atoms with E-state index in [-0.39, 0.29) is 12.3 Å². The number of anilines is 1. The van der Waals surface area contributed by atoms with Crippen molar-refractivity contribution in [2.75, 3.05) is 5.32 Å². The normalized spacial score (nSPS) is 13.4. The summed E-state index contributed by atoms with van der Waals surface area (Å²) < 4.78 is 50.9. The zero-order chi connectivity index (χ0) is 15.5. The molecule has 1 amide bonds. The number of rotatable bonds is 4. The molecule has 3 N–H and O–H groups in total. The van der Waals surface area contributed by atoms with Gasteiger partial charge in [0.1, 0.15) is 5.82 Å². The second kappa shape index (κ2) is 6.21. The number of carbonyl (C=O) groups is 1. The van der Waals surface area contributed by atoms with Gasteiger partial charge in [0.05, 0.1) is 11.3 Å². The molecule has 0 bridgehead atoms. The molecule has 1 unspecified atom stereocenters. The van der Waals surface area contributed by atoms with Crippen LogP contribution in [0.5, 0.6) is 0 Å². The van der Waals surface area contributed by atoms with Crippen molar-refractivity contribution in [1.82, 2.24) is 0 Å². The molecule has 0 saturated heterocycles. The Balaban J connectivity index is 2.84. The molecule has 0 aromatic heterocycles. The molecule has 0 saturated carbocycles. The van der Waals surface area contributed by atoms with Crippen LogP contribution in [0.15, 0.2) is 18.2 Å². The number of benzene rings is 1. The van der Waals surface area contributed by atoms with Crippen molar-refractivity contribution in [3.8, 4) is 0 Å². The lowest BCUT2D eigenvalue weighted by Crippen LogP contribution is -2.31. The summed E-state index contributed by atoms with van der Waals surface area (Å²) in [6.07, 6.45) is -4.69. The first kappa shape index (κ1) is 16.4. The van der Waals surface area contributed by atoms with Crippen molar-refractivity contribution in [3.05, 3.63) is 29.6 Å². The third-order valence-electron chi connectivity index (χ3n) is 2.85. The summed E-state index contributed by atoms with van der Waals surface area (Å²) in [5.74, 6) is -1.51. The summed E-state index contributed by atoms with van der Waals surface area (Å²) in [6.45, 7) is 3.62. The highest BCUT2D eigenvalue weighted by atomic mass is 19.4. The monoisotopic (exact) mass is 292 g/mol. The molecule has 0 aliphatic rings. The fourth-order valence-corrected chi connectivity index (χ4v) is 1.45. The molecule has 3 nitrogen and oxygen atoms in total. The predicted octanol–water partition coefficient (Wildman–Crippen LogP) is 3.16. The van der Waals surface area contributed by atoms with Crippen LogP contribution >= 0.6 is 0 Å². The first-order valence-electron chi connectivity index (χ1n) is 6.03. The molecular formula is C13H16F4N2O. The molecule has 1 rings (SSSR count). The molecule has 0 heterocycles. The van der Waals surface area contributed by atoms with Crippen LogP contribution in [0.3, 0.4) is 0 Å². The van der Waals surface area contributed by atoms with Gasteiger partial charge in [-0.15, -0.1) is 0 Å². The Morgan fingerprint density at radius 1 is 1.35 bits per heavy atom. The summed E-state index contributed by atoms with van der Waals surface area (Å²) >= 11 is 0. The van der Waals surface area contributed by atoms with Gasteiger partial charge in [0, 0.05) is 12.5 Å².